The SMILES string of the molecule is CC#CC#CC#CC#CC#CC#CC#CC#CC#CC#CC#CC#CC#CC#CC#CC#CC#CC#CC#CC#CC#CC#CC#CC#CC#CC#CC#CC#CC#CC#CC#CC#CC#N. The third kappa shape index (κ3) is 51.4. The van der Waals surface area contributed by atoms with E-state index in [-0.39, 0.29) is 0 Å². The van der Waals surface area contributed by atoms with Gasteiger partial charge in [-0.2, -0.15) is 5.26 Å². The maximum absolute atomic E-state index is 8.21. The molecule has 0 aliphatic heterocycles. The minimum atomic E-state index is 1.63. The van der Waals surface area contributed by atoms with Crippen LogP contribution in [0.15, 0.2) is 0 Å². The quantitative estimate of drug-likeness (QED) is 0.330. The summed E-state index contributed by atoms with van der Waals surface area (Å²) in [5, 5.41) is 8.21. The molecule has 0 aromatic rings. The van der Waals surface area contributed by atoms with Crippen molar-refractivity contribution in [2.75, 3.05) is 0 Å². The van der Waals surface area contributed by atoms with Crippen molar-refractivity contribution in [3.8, 4) is 385 Å². The molecule has 0 N–H and O–H groups in total. The van der Waals surface area contributed by atoms with E-state index in [1.165, 1.54) is 0 Å². The first-order chi connectivity index (χ1) is 33.4. The maximum atomic E-state index is 8.21. The molecular weight excluding hydrogens is 807 g/mol. The molecule has 0 aromatic carbocycles. The largest absolute Gasteiger partial charge is 0.183 e. The maximum Gasteiger partial charge on any atom is 0.153 e. The molecule has 0 saturated heterocycles. The van der Waals surface area contributed by atoms with E-state index in [0.29, 0.717) is 0 Å². The van der Waals surface area contributed by atoms with Crippen molar-refractivity contribution in [3.63, 3.8) is 0 Å². The van der Waals surface area contributed by atoms with Crippen LogP contribution in [-0.4, -0.2) is 0 Å². The van der Waals surface area contributed by atoms with E-state index in [9.17, 15) is 0 Å². The fourth-order valence-electron chi connectivity index (χ4n) is 2.00. The Hall–Kier alpha value is -14.6. The molecule has 0 heterocycles. The van der Waals surface area contributed by atoms with Crippen molar-refractivity contribution in [2.45, 2.75) is 6.92 Å². The average molecular weight is 810 g/mol. The third-order valence-electron chi connectivity index (χ3n) is 4.06. The van der Waals surface area contributed by atoms with Gasteiger partial charge in [0.05, 0.1) is 0 Å². The lowest BCUT2D eigenvalue weighted by Gasteiger charge is -1.57. The fourth-order valence-corrected chi connectivity index (χ4v) is 2.00. The summed E-state index contributed by atoms with van der Waals surface area (Å²) in [5.74, 6) is 159. The van der Waals surface area contributed by atoms with Gasteiger partial charge in [-0.05, 0) is 54.3 Å². The van der Waals surface area contributed by atoms with E-state index in [1.54, 1.807) is 13.0 Å². The van der Waals surface area contributed by atoms with Crippen LogP contribution in [0.1, 0.15) is 6.92 Å². The molecule has 0 aromatic heterocycles. The zero-order valence-electron chi connectivity index (χ0n) is 33.9. The first-order valence-electron chi connectivity index (χ1n) is 16.7. The number of nitrogens with zero attached hydrogens (tertiary/aromatic N) is 1. The minimum Gasteiger partial charge on any atom is -0.183 e. The molecule has 1 heteroatoms. The Morgan fingerprint density at radius 1 is 0.119 bits per heavy atom. The Labute approximate surface area is 395 Å². The molecule has 0 fully saturated rings. The second-order valence-electron chi connectivity index (χ2n) is 8.24. The van der Waals surface area contributed by atoms with Crippen LogP contribution in [0.25, 0.3) is 0 Å². The summed E-state index contributed by atoms with van der Waals surface area (Å²) in [6.45, 7) is 1.68. The van der Waals surface area contributed by atoms with E-state index in [2.05, 4.69) is 379 Å². The summed E-state index contributed by atoms with van der Waals surface area (Å²) in [6.07, 6.45) is 0. The zero-order valence-corrected chi connectivity index (χ0v) is 33.9. The number of rotatable bonds is 0. The normalized spacial score (nSPS) is 3.94. The lowest BCUT2D eigenvalue weighted by molar-refractivity contribution is 1.55. The molecule has 0 aliphatic rings. The highest BCUT2D eigenvalue weighted by atomic mass is 14.2. The van der Waals surface area contributed by atoms with Gasteiger partial charge in [0.2, 0.25) is 0 Å². The lowest BCUT2D eigenvalue weighted by atomic mass is 10.4. The first kappa shape index (κ1) is 52.4. The Morgan fingerprint density at radius 2 is 0.194 bits per heavy atom. The summed E-state index contributed by atoms with van der Waals surface area (Å²) >= 11 is 0. The van der Waals surface area contributed by atoms with Crippen molar-refractivity contribution in [3.05, 3.63) is 0 Å². The van der Waals surface area contributed by atoms with Gasteiger partial charge in [0.25, 0.3) is 0 Å². The smallest absolute Gasteiger partial charge is 0.153 e. The highest BCUT2D eigenvalue weighted by Gasteiger charge is 1.64. The van der Waals surface area contributed by atoms with Crippen LogP contribution in [0, 0.1) is 390 Å². The van der Waals surface area contributed by atoms with Gasteiger partial charge < -0.3 is 0 Å². The van der Waals surface area contributed by atoms with Crippen LogP contribution in [0.3, 0.4) is 0 Å². The topological polar surface area (TPSA) is 23.8 Å². The Bertz CT molecular complexity index is 4360. The van der Waals surface area contributed by atoms with Gasteiger partial charge in [-0.3, -0.25) is 0 Å². The van der Waals surface area contributed by atoms with E-state index in [0.717, 1.165) is 0 Å². The highest BCUT2D eigenvalue weighted by molar-refractivity contribution is 5.52. The minimum absolute atomic E-state index is 1.63. The summed E-state index contributed by atoms with van der Waals surface area (Å²) in [4.78, 5) is 0. The second kappa shape index (κ2) is 51.4. The molecule has 0 amide bonds. The molecule has 0 spiro atoms. The molecule has 0 bridgehead atoms. The van der Waals surface area contributed by atoms with Gasteiger partial charge >= 0.3 is 0 Å². The number of nitriles is 1. The highest BCUT2D eigenvalue weighted by Crippen LogP contribution is 1.64. The molecule has 0 radical (unpaired) electrons. The lowest BCUT2D eigenvalue weighted by Crippen LogP contribution is -1.57. The van der Waals surface area contributed by atoms with Gasteiger partial charge in [-0.25, -0.2) is 0 Å². The third-order valence-corrected chi connectivity index (χ3v) is 4.06. The molecular formula is C66H3N. The molecule has 0 atom stereocenters. The van der Waals surface area contributed by atoms with Crippen molar-refractivity contribution in [2.24, 2.45) is 0 Å². The Balaban J connectivity index is 4.60. The number of hydrogen-bond donors (Lipinski definition) is 0. The fraction of sp³-hybridized carbons (Fsp3) is 0.0152. The summed E-state index contributed by atoms with van der Waals surface area (Å²) < 4.78 is 0. The Kier molecular flexibility index (Phi) is 40.2. The van der Waals surface area contributed by atoms with Crippen LogP contribution in [-0.2, 0) is 0 Å². The summed E-state index contributed by atoms with van der Waals surface area (Å²) in [5.41, 5.74) is 0. The molecule has 0 unspecified atom stereocenters. The van der Waals surface area contributed by atoms with Crippen molar-refractivity contribution >= 4 is 0 Å². The van der Waals surface area contributed by atoms with E-state index in [4.69, 9.17) is 5.26 Å². The van der Waals surface area contributed by atoms with Crippen LogP contribution in [0.4, 0.5) is 0 Å². The summed E-state index contributed by atoms with van der Waals surface area (Å²) in [6, 6.07) is 1.63. The van der Waals surface area contributed by atoms with E-state index >= 15 is 0 Å². The predicted octanol–water partition coefficient (Wildman–Crippen LogP) is 0.639. The van der Waals surface area contributed by atoms with Crippen molar-refractivity contribution in [1.82, 2.24) is 0 Å². The standard InChI is InChI=1S/C66H3N/c1-2-3-4-5-6-7-8-9-10-11-12-13-14-15-16-17-18-19-20-21-22-23-24-25-26-27-28-29-30-31-32-33-34-35-36-37-38-39-40-41-42-43-44-45-46-47-48-49-50-51-52-53-54-55-56-57-58-59-60-61-62-63-64-65-66-67/h1H3. The van der Waals surface area contributed by atoms with E-state index < -0.39 is 0 Å². The van der Waals surface area contributed by atoms with Gasteiger partial charge in [0.15, 0.2) is 6.07 Å². The van der Waals surface area contributed by atoms with Gasteiger partial charge in [0, 0.05) is 326 Å². The van der Waals surface area contributed by atoms with Crippen LogP contribution in [0.2, 0.25) is 0 Å². The van der Waals surface area contributed by atoms with Crippen molar-refractivity contribution < 1.29 is 0 Å². The monoisotopic (exact) mass is 809 g/mol. The first-order valence-corrected chi connectivity index (χ1v) is 16.7. The zero-order chi connectivity index (χ0) is 48.0. The van der Waals surface area contributed by atoms with Gasteiger partial charge in [-0.1, -0.05) is 5.92 Å². The molecule has 67 heavy (non-hydrogen) atoms. The summed E-state index contributed by atoms with van der Waals surface area (Å²) in [7, 11) is 0. The van der Waals surface area contributed by atoms with Gasteiger partial charge in [0.1, 0.15) is 0 Å². The predicted molar refractivity (Wildman–Crippen MR) is 260 cm³/mol. The van der Waals surface area contributed by atoms with Crippen LogP contribution in [0.5, 0.6) is 0 Å². The van der Waals surface area contributed by atoms with Crippen LogP contribution < -0.4 is 0 Å². The molecule has 0 rings (SSSR count). The molecule has 0 saturated carbocycles. The van der Waals surface area contributed by atoms with Gasteiger partial charge in [-0.15, -0.1) is 0 Å². The van der Waals surface area contributed by atoms with Crippen LogP contribution >= 0.6 is 0 Å². The Morgan fingerprint density at radius 3 is 0.269 bits per heavy atom. The second-order valence-corrected chi connectivity index (χ2v) is 8.24. The van der Waals surface area contributed by atoms with Crippen molar-refractivity contribution in [1.29, 1.82) is 5.26 Å². The van der Waals surface area contributed by atoms with E-state index in [1.807, 2.05) is 0 Å². The molecule has 272 valence electrons. The number of hydrogen-bond acceptors (Lipinski definition) is 1. The molecule has 0 aliphatic carbocycles. The molecule has 1 nitrogen and oxygen atoms in total. The average Bonchev–Trinajstić information content (AvgIpc) is 3.34.